The molecular weight excluding hydrogens is 237 g/mol. The minimum absolute atomic E-state index is 0.118. The Balaban J connectivity index is 2.50. The first-order valence-electron chi connectivity index (χ1n) is 5.09. The number of halogens is 1. The molecule has 0 spiro atoms. The molecule has 0 aliphatic rings. The van der Waals surface area contributed by atoms with Gasteiger partial charge < -0.3 is 4.98 Å². The van der Waals surface area contributed by atoms with Gasteiger partial charge in [-0.2, -0.15) is 5.26 Å². The van der Waals surface area contributed by atoms with Gasteiger partial charge in [-0.25, -0.2) is 9.18 Å². The van der Waals surface area contributed by atoms with Crippen molar-refractivity contribution in [2.24, 2.45) is 0 Å². The van der Waals surface area contributed by atoms with Crippen LogP contribution in [0, 0.1) is 17.1 Å². The van der Waals surface area contributed by atoms with Crippen LogP contribution in [0.3, 0.4) is 0 Å². The SMILES string of the molecule is N#Cc1ccc(F)c(Cn2c(=O)cc[nH]c2=O)c1. The highest BCUT2D eigenvalue weighted by Gasteiger charge is 2.07. The van der Waals surface area contributed by atoms with E-state index in [9.17, 15) is 14.0 Å². The quantitative estimate of drug-likeness (QED) is 0.841. The lowest BCUT2D eigenvalue weighted by Crippen LogP contribution is -2.34. The van der Waals surface area contributed by atoms with E-state index in [-0.39, 0.29) is 17.7 Å². The van der Waals surface area contributed by atoms with Gasteiger partial charge in [0.15, 0.2) is 0 Å². The number of nitrogens with zero attached hydrogens (tertiary/aromatic N) is 2. The monoisotopic (exact) mass is 245 g/mol. The van der Waals surface area contributed by atoms with Crippen LogP contribution < -0.4 is 11.2 Å². The topological polar surface area (TPSA) is 78.7 Å². The zero-order chi connectivity index (χ0) is 13.1. The average molecular weight is 245 g/mol. The molecule has 0 atom stereocenters. The molecule has 0 saturated heterocycles. The maximum atomic E-state index is 13.5. The summed E-state index contributed by atoms with van der Waals surface area (Å²) in [5, 5.41) is 8.72. The molecule has 2 rings (SSSR count). The summed E-state index contributed by atoms with van der Waals surface area (Å²) in [4.78, 5) is 25.2. The number of H-pyrrole nitrogens is 1. The van der Waals surface area contributed by atoms with Crippen LogP contribution in [-0.4, -0.2) is 9.55 Å². The van der Waals surface area contributed by atoms with Crippen molar-refractivity contribution in [2.75, 3.05) is 0 Å². The third-order valence-electron chi connectivity index (χ3n) is 2.45. The summed E-state index contributed by atoms with van der Waals surface area (Å²) in [6.07, 6.45) is 1.23. The van der Waals surface area contributed by atoms with Crippen molar-refractivity contribution in [3.05, 3.63) is 68.2 Å². The Bertz CT molecular complexity index is 712. The van der Waals surface area contributed by atoms with Crippen LogP contribution in [0.5, 0.6) is 0 Å². The van der Waals surface area contributed by atoms with Crippen molar-refractivity contribution in [2.45, 2.75) is 6.54 Å². The van der Waals surface area contributed by atoms with Crippen molar-refractivity contribution in [1.82, 2.24) is 9.55 Å². The van der Waals surface area contributed by atoms with E-state index in [1.165, 1.54) is 24.4 Å². The maximum absolute atomic E-state index is 13.5. The summed E-state index contributed by atoms with van der Waals surface area (Å²) in [5.74, 6) is -0.566. The molecule has 0 aliphatic carbocycles. The highest BCUT2D eigenvalue weighted by Crippen LogP contribution is 2.10. The van der Waals surface area contributed by atoms with E-state index in [0.29, 0.717) is 0 Å². The Morgan fingerprint density at radius 2 is 2.11 bits per heavy atom. The van der Waals surface area contributed by atoms with Crippen molar-refractivity contribution < 1.29 is 4.39 Å². The smallest absolute Gasteiger partial charge is 0.314 e. The Morgan fingerprint density at radius 3 is 2.78 bits per heavy atom. The molecule has 1 aromatic heterocycles. The molecule has 2 aromatic rings. The molecule has 0 fully saturated rings. The van der Waals surface area contributed by atoms with E-state index < -0.39 is 17.1 Å². The van der Waals surface area contributed by atoms with Crippen molar-refractivity contribution in [1.29, 1.82) is 5.26 Å². The van der Waals surface area contributed by atoms with E-state index >= 15 is 0 Å². The molecular formula is C12H8FN3O2. The fourth-order valence-electron chi connectivity index (χ4n) is 1.54. The van der Waals surface area contributed by atoms with Gasteiger partial charge in [0.25, 0.3) is 5.56 Å². The second-order valence-corrected chi connectivity index (χ2v) is 3.63. The molecule has 1 aromatic carbocycles. The molecule has 0 saturated carbocycles. The Hall–Kier alpha value is -2.68. The van der Waals surface area contributed by atoms with Gasteiger partial charge in [-0.05, 0) is 18.2 Å². The fraction of sp³-hybridized carbons (Fsp3) is 0.0833. The number of rotatable bonds is 2. The van der Waals surface area contributed by atoms with E-state index in [1.807, 2.05) is 6.07 Å². The maximum Gasteiger partial charge on any atom is 0.328 e. The van der Waals surface area contributed by atoms with E-state index in [2.05, 4.69) is 4.98 Å². The second-order valence-electron chi connectivity index (χ2n) is 3.63. The van der Waals surface area contributed by atoms with Crippen LogP contribution in [0.2, 0.25) is 0 Å². The Morgan fingerprint density at radius 1 is 1.33 bits per heavy atom. The van der Waals surface area contributed by atoms with Crippen molar-refractivity contribution in [3.8, 4) is 6.07 Å². The summed E-state index contributed by atoms with van der Waals surface area (Å²) in [6.45, 7) is -0.212. The van der Waals surface area contributed by atoms with Gasteiger partial charge in [0.05, 0.1) is 18.2 Å². The van der Waals surface area contributed by atoms with E-state index in [4.69, 9.17) is 5.26 Å². The number of nitriles is 1. The predicted molar refractivity (Wildman–Crippen MR) is 61.5 cm³/mol. The van der Waals surface area contributed by atoms with E-state index in [0.717, 1.165) is 10.6 Å². The molecule has 6 heteroatoms. The lowest BCUT2D eigenvalue weighted by molar-refractivity contribution is 0.588. The molecule has 1 heterocycles. The molecule has 0 amide bonds. The second kappa shape index (κ2) is 4.67. The zero-order valence-corrected chi connectivity index (χ0v) is 9.18. The first-order chi connectivity index (χ1) is 8.61. The van der Waals surface area contributed by atoms with Crippen molar-refractivity contribution in [3.63, 3.8) is 0 Å². The fourth-order valence-corrected chi connectivity index (χ4v) is 1.54. The molecule has 18 heavy (non-hydrogen) atoms. The number of aromatic amines is 1. The van der Waals surface area contributed by atoms with Gasteiger partial charge in [0.2, 0.25) is 0 Å². The molecule has 0 radical (unpaired) electrons. The van der Waals surface area contributed by atoms with Gasteiger partial charge in [0, 0.05) is 17.8 Å². The third-order valence-corrected chi connectivity index (χ3v) is 2.45. The van der Waals surface area contributed by atoms with Crippen LogP contribution in [-0.2, 0) is 6.54 Å². The molecule has 0 bridgehead atoms. The number of aromatic nitrogens is 2. The summed E-state index contributed by atoms with van der Waals surface area (Å²) in [5.41, 5.74) is -0.760. The largest absolute Gasteiger partial charge is 0.328 e. The molecule has 5 nitrogen and oxygen atoms in total. The van der Waals surface area contributed by atoms with Crippen LogP contribution in [0.25, 0.3) is 0 Å². The number of benzene rings is 1. The standard InChI is InChI=1S/C12H8FN3O2/c13-10-2-1-8(6-14)5-9(10)7-16-11(17)3-4-15-12(16)18/h1-5H,7H2,(H,15,18). The predicted octanol–water partition coefficient (Wildman–Crippen LogP) is 0.596. The lowest BCUT2D eigenvalue weighted by Gasteiger charge is -2.05. The molecule has 0 aliphatic heterocycles. The van der Waals surface area contributed by atoms with Crippen LogP contribution in [0.4, 0.5) is 4.39 Å². The van der Waals surface area contributed by atoms with Crippen LogP contribution >= 0.6 is 0 Å². The Labute approximate surface area is 101 Å². The Kier molecular flexibility index (Phi) is 3.06. The summed E-state index contributed by atoms with van der Waals surface area (Å²) >= 11 is 0. The highest BCUT2D eigenvalue weighted by molar-refractivity contribution is 5.33. The third kappa shape index (κ3) is 2.20. The first-order valence-corrected chi connectivity index (χ1v) is 5.09. The molecule has 0 unspecified atom stereocenters. The summed E-state index contributed by atoms with van der Waals surface area (Å²) < 4.78 is 14.4. The highest BCUT2D eigenvalue weighted by atomic mass is 19.1. The first kappa shape index (κ1) is 11.8. The molecule has 1 N–H and O–H groups in total. The van der Waals surface area contributed by atoms with Gasteiger partial charge in [-0.3, -0.25) is 9.36 Å². The minimum Gasteiger partial charge on any atom is -0.314 e. The van der Waals surface area contributed by atoms with Crippen LogP contribution in [0.1, 0.15) is 11.1 Å². The van der Waals surface area contributed by atoms with E-state index in [1.54, 1.807) is 0 Å². The number of hydrogen-bond acceptors (Lipinski definition) is 3. The minimum atomic E-state index is -0.621. The summed E-state index contributed by atoms with van der Waals surface area (Å²) in [7, 11) is 0. The number of nitrogens with one attached hydrogen (secondary N) is 1. The van der Waals surface area contributed by atoms with Crippen molar-refractivity contribution >= 4 is 0 Å². The average Bonchev–Trinajstić information content (AvgIpc) is 2.36. The van der Waals surface area contributed by atoms with Gasteiger partial charge in [0.1, 0.15) is 5.82 Å². The summed E-state index contributed by atoms with van der Waals surface area (Å²) in [6, 6.07) is 6.82. The van der Waals surface area contributed by atoms with Gasteiger partial charge in [-0.15, -0.1) is 0 Å². The lowest BCUT2D eigenvalue weighted by atomic mass is 10.1. The zero-order valence-electron chi connectivity index (χ0n) is 9.18. The molecule has 90 valence electrons. The number of hydrogen-bond donors (Lipinski definition) is 1. The van der Waals surface area contributed by atoms with Gasteiger partial charge >= 0.3 is 5.69 Å². The van der Waals surface area contributed by atoms with Gasteiger partial charge in [-0.1, -0.05) is 0 Å². The normalized spacial score (nSPS) is 10.0. The van der Waals surface area contributed by atoms with Crippen LogP contribution in [0.15, 0.2) is 40.1 Å².